The average molecular weight is 478 g/mol. The summed E-state index contributed by atoms with van der Waals surface area (Å²) in [7, 11) is 0. The second-order valence-electron chi connectivity index (χ2n) is 7.61. The van der Waals surface area contributed by atoms with Gasteiger partial charge in [-0.05, 0) is 55.3 Å². The van der Waals surface area contributed by atoms with Crippen LogP contribution in [-0.2, 0) is 24.0 Å². The minimum absolute atomic E-state index is 0.0549. The molecule has 2 unspecified atom stereocenters. The standard InChI is InChI=1S/C23H21F3N2O4S/c1-13-18(28-21(32-13)15-4-6-16(7-5-15)23(24,25)26)11-31-17-8-2-14(3-9-17)10-20-27-19(12-33-20)22(29)30/h2-9,19-20,27H,10-12H2,1H3,(H,29,30). The maximum absolute atomic E-state index is 12.7. The number of aromatic nitrogens is 1. The molecule has 2 N–H and O–H groups in total. The van der Waals surface area contributed by atoms with Crippen molar-refractivity contribution in [2.75, 3.05) is 5.75 Å². The summed E-state index contributed by atoms with van der Waals surface area (Å²) in [5, 5.41) is 12.2. The number of nitrogens with one attached hydrogen (secondary N) is 1. The van der Waals surface area contributed by atoms with Crippen molar-refractivity contribution >= 4 is 17.7 Å². The average Bonchev–Trinajstić information content (AvgIpc) is 3.39. The predicted octanol–water partition coefficient (Wildman–Crippen LogP) is 4.91. The van der Waals surface area contributed by atoms with E-state index in [0.717, 1.165) is 17.7 Å². The Morgan fingerprint density at radius 2 is 1.91 bits per heavy atom. The number of rotatable bonds is 7. The van der Waals surface area contributed by atoms with Gasteiger partial charge in [-0.15, -0.1) is 11.8 Å². The molecule has 1 aromatic heterocycles. The van der Waals surface area contributed by atoms with E-state index in [1.807, 2.05) is 24.3 Å². The van der Waals surface area contributed by atoms with Gasteiger partial charge in [-0.2, -0.15) is 13.2 Å². The quantitative estimate of drug-likeness (QED) is 0.499. The fourth-order valence-corrected chi connectivity index (χ4v) is 4.60. The van der Waals surface area contributed by atoms with Crippen LogP contribution in [0.4, 0.5) is 13.2 Å². The van der Waals surface area contributed by atoms with E-state index in [1.165, 1.54) is 12.1 Å². The van der Waals surface area contributed by atoms with Crippen molar-refractivity contribution in [1.29, 1.82) is 0 Å². The van der Waals surface area contributed by atoms with E-state index >= 15 is 0 Å². The molecule has 0 spiro atoms. The van der Waals surface area contributed by atoms with Crippen LogP contribution < -0.4 is 10.1 Å². The van der Waals surface area contributed by atoms with Crippen molar-refractivity contribution in [1.82, 2.24) is 10.3 Å². The van der Waals surface area contributed by atoms with E-state index in [-0.39, 0.29) is 17.9 Å². The van der Waals surface area contributed by atoms with Crippen LogP contribution in [0.25, 0.3) is 11.5 Å². The van der Waals surface area contributed by atoms with E-state index in [9.17, 15) is 18.0 Å². The van der Waals surface area contributed by atoms with E-state index in [4.69, 9.17) is 14.3 Å². The number of halogens is 3. The number of aliphatic carboxylic acids is 1. The summed E-state index contributed by atoms with van der Waals surface area (Å²) in [5.74, 6) is 1.11. The van der Waals surface area contributed by atoms with Gasteiger partial charge < -0.3 is 14.3 Å². The Morgan fingerprint density at radius 1 is 1.21 bits per heavy atom. The molecular weight excluding hydrogens is 457 g/mol. The van der Waals surface area contributed by atoms with Gasteiger partial charge in [0.25, 0.3) is 0 Å². The van der Waals surface area contributed by atoms with Crippen molar-refractivity contribution < 1.29 is 32.2 Å². The van der Waals surface area contributed by atoms with Crippen LogP contribution in [-0.4, -0.2) is 33.2 Å². The molecule has 0 saturated carbocycles. The summed E-state index contributed by atoms with van der Waals surface area (Å²) in [6, 6.07) is 11.6. The number of carbonyl (C=O) groups is 1. The highest BCUT2D eigenvalue weighted by atomic mass is 32.2. The van der Waals surface area contributed by atoms with E-state index in [1.54, 1.807) is 18.7 Å². The topological polar surface area (TPSA) is 84.6 Å². The minimum Gasteiger partial charge on any atom is -0.487 e. The van der Waals surface area contributed by atoms with Crippen molar-refractivity contribution in [3.63, 3.8) is 0 Å². The van der Waals surface area contributed by atoms with Crippen LogP contribution >= 0.6 is 11.8 Å². The van der Waals surface area contributed by atoms with E-state index < -0.39 is 23.8 Å². The molecule has 3 aromatic rings. The van der Waals surface area contributed by atoms with Gasteiger partial charge in [0.2, 0.25) is 5.89 Å². The third-order valence-corrected chi connectivity index (χ3v) is 6.45. The van der Waals surface area contributed by atoms with Gasteiger partial charge in [0.15, 0.2) is 0 Å². The molecule has 0 bridgehead atoms. The molecular formula is C23H21F3N2O4S. The maximum Gasteiger partial charge on any atom is 0.416 e. The van der Waals surface area contributed by atoms with E-state index in [0.29, 0.717) is 34.9 Å². The molecule has 0 radical (unpaired) electrons. The lowest BCUT2D eigenvalue weighted by Crippen LogP contribution is -2.37. The molecule has 2 aromatic carbocycles. The number of aryl methyl sites for hydroxylation is 1. The zero-order valence-corrected chi connectivity index (χ0v) is 18.4. The largest absolute Gasteiger partial charge is 0.487 e. The van der Waals surface area contributed by atoms with Gasteiger partial charge >= 0.3 is 12.1 Å². The molecule has 0 aliphatic carbocycles. The minimum atomic E-state index is -4.40. The smallest absolute Gasteiger partial charge is 0.416 e. The molecule has 1 aliphatic rings. The van der Waals surface area contributed by atoms with Gasteiger partial charge in [-0.3, -0.25) is 10.1 Å². The highest BCUT2D eigenvalue weighted by Gasteiger charge is 2.30. The van der Waals surface area contributed by atoms with Crippen LogP contribution in [0.5, 0.6) is 5.75 Å². The lowest BCUT2D eigenvalue weighted by molar-refractivity contribution is -0.139. The first-order chi connectivity index (χ1) is 15.7. The Kier molecular flexibility index (Phi) is 6.66. The van der Waals surface area contributed by atoms with Gasteiger partial charge in [0, 0.05) is 11.3 Å². The number of ether oxygens (including phenoxy) is 1. The molecule has 1 aliphatic heterocycles. The number of hydrogen-bond acceptors (Lipinski definition) is 6. The molecule has 10 heteroatoms. The molecule has 1 saturated heterocycles. The summed E-state index contributed by atoms with van der Waals surface area (Å²) < 4.78 is 49.6. The normalized spacial score (nSPS) is 18.4. The summed E-state index contributed by atoms with van der Waals surface area (Å²) in [5.41, 5.74) is 1.33. The molecule has 2 heterocycles. The van der Waals surface area contributed by atoms with Crippen molar-refractivity contribution in [2.24, 2.45) is 0 Å². The third kappa shape index (κ3) is 5.69. The first kappa shape index (κ1) is 23.2. The lowest BCUT2D eigenvalue weighted by atomic mass is 10.1. The SMILES string of the molecule is Cc1oc(-c2ccc(C(F)(F)F)cc2)nc1COc1ccc(CC2NC(C(=O)O)CS2)cc1. The predicted molar refractivity (Wildman–Crippen MR) is 117 cm³/mol. The number of carboxylic acid groups (broad SMARTS) is 1. The van der Waals surface area contributed by atoms with Crippen molar-refractivity contribution in [3.05, 3.63) is 71.1 Å². The van der Waals surface area contributed by atoms with Crippen LogP contribution in [0, 0.1) is 6.92 Å². The number of alkyl halides is 3. The Bertz CT molecular complexity index is 1110. The van der Waals surface area contributed by atoms with E-state index in [2.05, 4.69) is 10.3 Å². The molecule has 1 fully saturated rings. The first-order valence-electron chi connectivity index (χ1n) is 10.1. The van der Waals surface area contributed by atoms with Crippen LogP contribution in [0.15, 0.2) is 52.9 Å². The Hall–Kier alpha value is -2.98. The van der Waals surface area contributed by atoms with Crippen LogP contribution in [0.2, 0.25) is 0 Å². The number of oxazole rings is 1. The monoisotopic (exact) mass is 478 g/mol. The third-order valence-electron chi connectivity index (χ3n) is 5.22. The molecule has 2 atom stereocenters. The van der Waals surface area contributed by atoms with Crippen molar-refractivity contribution in [2.45, 2.75) is 37.5 Å². The van der Waals surface area contributed by atoms with Gasteiger partial charge in [0.1, 0.15) is 29.9 Å². The summed E-state index contributed by atoms with van der Waals surface area (Å²) >= 11 is 1.59. The number of carboxylic acids is 1. The fourth-order valence-electron chi connectivity index (χ4n) is 3.37. The molecule has 174 valence electrons. The summed E-state index contributed by atoms with van der Waals surface area (Å²) in [6.07, 6.45) is -3.69. The first-order valence-corrected chi connectivity index (χ1v) is 11.2. The maximum atomic E-state index is 12.7. The van der Waals surface area contributed by atoms with Gasteiger partial charge in [-0.25, -0.2) is 4.98 Å². The second kappa shape index (κ2) is 9.48. The van der Waals surface area contributed by atoms with Crippen LogP contribution in [0.3, 0.4) is 0 Å². The Morgan fingerprint density at radius 3 is 2.52 bits per heavy atom. The number of thioether (sulfide) groups is 1. The van der Waals surface area contributed by atoms with Gasteiger partial charge in [-0.1, -0.05) is 12.1 Å². The number of hydrogen-bond donors (Lipinski definition) is 2. The zero-order chi connectivity index (χ0) is 23.6. The molecule has 0 amide bonds. The summed E-state index contributed by atoms with van der Waals surface area (Å²) in [4.78, 5) is 15.4. The second-order valence-corrected chi connectivity index (χ2v) is 8.85. The molecule has 33 heavy (non-hydrogen) atoms. The van der Waals surface area contributed by atoms with Crippen molar-refractivity contribution in [3.8, 4) is 17.2 Å². The number of nitrogens with zero attached hydrogens (tertiary/aromatic N) is 1. The molecule has 6 nitrogen and oxygen atoms in total. The highest BCUT2D eigenvalue weighted by molar-refractivity contribution is 8.00. The number of benzene rings is 2. The fraction of sp³-hybridized carbons (Fsp3) is 0.304. The summed E-state index contributed by atoms with van der Waals surface area (Å²) in [6.45, 7) is 1.87. The lowest BCUT2D eigenvalue weighted by Gasteiger charge is -2.11. The van der Waals surface area contributed by atoms with Crippen LogP contribution in [0.1, 0.15) is 22.6 Å². The highest BCUT2D eigenvalue weighted by Crippen LogP contribution is 2.31. The Balaban J connectivity index is 1.34. The zero-order valence-electron chi connectivity index (χ0n) is 17.6. The van der Waals surface area contributed by atoms with Gasteiger partial charge in [0.05, 0.1) is 10.9 Å². The Labute approximate surface area is 192 Å². The molecule has 4 rings (SSSR count).